The van der Waals surface area contributed by atoms with Crippen molar-refractivity contribution in [1.82, 2.24) is 9.55 Å². The molecule has 2 nitrogen and oxygen atoms in total. The molecule has 0 amide bonds. The second-order valence-electron chi connectivity index (χ2n) is 2.40. The molecule has 0 bridgehead atoms. The molecule has 2 aromatic rings. The second kappa shape index (κ2) is 2.34. The molecule has 0 N–H and O–H groups in total. The van der Waals surface area contributed by atoms with E-state index in [-0.39, 0.29) is 0 Å². The van der Waals surface area contributed by atoms with E-state index in [1.54, 1.807) is 0 Å². The van der Waals surface area contributed by atoms with Crippen LogP contribution in [0, 0.1) is 6.33 Å². The standard InChI is InChI=1S/C8H6BrN2/c1-11-5-10-7-3-2-6(9)4-8(7)11/h2-4H,1H3. The van der Waals surface area contributed by atoms with E-state index >= 15 is 0 Å². The van der Waals surface area contributed by atoms with Crippen LogP contribution in [0.3, 0.4) is 0 Å². The van der Waals surface area contributed by atoms with Gasteiger partial charge in [0, 0.05) is 11.5 Å². The lowest BCUT2D eigenvalue weighted by atomic mass is 10.3. The van der Waals surface area contributed by atoms with Crippen LogP contribution in [0.2, 0.25) is 0 Å². The average molecular weight is 210 g/mol. The summed E-state index contributed by atoms with van der Waals surface area (Å²) in [7, 11) is 1.93. The summed E-state index contributed by atoms with van der Waals surface area (Å²) in [4.78, 5) is 4.08. The summed E-state index contributed by atoms with van der Waals surface area (Å²) in [6.45, 7) is 0. The molecule has 1 aromatic heterocycles. The van der Waals surface area contributed by atoms with Gasteiger partial charge in [0.25, 0.3) is 0 Å². The maximum Gasteiger partial charge on any atom is 0.177 e. The first-order valence-corrected chi connectivity index (χ1v) is 4.06. The summed E-state index contributed by atoms with van der Waals surface area (Å²) in [5, 5.41) is 0. The minimum atomic E-state index is 0.982. The van der Waals surface area contributed by atoms with E-state index in [2.05, 4.69) is 27.2 Å². The lowest BCUT2D eigenvalue weighted by Crippen LogP contribution is -1.83. The number of benzene rings is 1. The van der Waals surface area contributed by atoms with Crippen molar-refractivity contribution >= 4 is 27.0 Å². The molecular formula is C8H6BrN2. The van der Waals surface area contributed by atoms with Crippen LogP contribution in [-0.4, -0.2) is 9.55 Å². The van der Waals surface area contributed by atoms with Gasteiger partial charge in [0.15, 0.2) is 6.33 Å². The van der Waals surface area contributed by atoms with Crippen LogP contribution in [0.1, 0.15) is 0 Å². The van der Waals surface area contributed by atoms with Crippen LogP contribution >= 0.6 is 15.9 Å². The molecule has 0 atom stereocenters. The maximum atomic E-state index is 4.08. The van der Waals surface area contributed by atoms with Crippen molar-refractivity contribution < 1.29 is 0 Å². The highest BCUT2D eigenvalue weighted by Gasteiger charge is 1.98. The highest BCUT2D eigenvalue weighted by molar-refractivity contribution is 9.10. The van der Waals surface area contributed by atoms with Crippen molar-refractivity contribution in [2.75, 3.05) is 0 Å². The zero-order valence-electron chi connectivity index (χ0n) is 6.00. The summed E-state index contributed by atoms with van der Waals surface area (Å²) in [6.07, 6.45) is 2.85. The monoisotopic (exact) mass is 209 g/mol. The fraction of sp³-hybridized carbons (Fsp3) is 0.125. The van der Waals surface area contributed by atoms with Crippen LogP contribution in [0.25, 0.3) is 11.0 Å². The number of hydrogen-bond acceptors (Lipinski definition) is 1. The Hall–Kier alpha value is -0.830. The van der Waals surface area contributed by atoms with Gasteiger partial charge in [-0.1, -0.05) is 15.9 Å². The molecule has 0 spiro atoms. The Morgan fingerprint density at radius 1 is 1.55 bits per heavy atom. The van der Waals surface area contributed by atoms with Crippen LogP contribution in [0.15, 0.2) is 22.7 Å². The zero-order chi connectivity index (χ0) is 7.84. The molecule has 55 valence electrons. The third-order valence-electron chi connectivity index (χ3n) is 1.62. The smallest absolute Gasteiger partial charge is 0.177 e. The van der Waals surface area contributed by atoms with Crippen molar-refractivity contribution in [2.24, 2.45) is 7.05 Å². The fourth-order valence-electron chi connectivity index (χ4n) is 1.04. The quantitative estimate of drug-likeness (QED) is 0.651. The summed E-state index contributed by atoms with van der Waals surface area (Å²) < 4.78 is 2.95. The number of nitrogens with zero attached hydrogens (tertiary/aromatic N) is 2. The van der Waals surface area contributed by atoms with Crippen LogP contribution < -0.4 is 0 Å². The van der Waals surface area contributed by atoms with Gasteiger partial charge in [-0.3, -0.25) is 0 Å². The van der Waals surface area contributed by atoms with Gasteiger partial charge in [-0.15, -0.1) is 0 Å². The molecular weight excluding hydrogens is 204 g/mol. The van der Waals surface area contributed by atoms with Crippen molar-refractivity contribution in [3.05, 3.63) is 29.0 Å². The number of aryl methyl sites for hydroxylation is 1. The Kier molecular flexibility index (Phi) is 1.46. The first-order chi connectivity index (χ1) is 5.27. The molecule has 0 saturated carbocycles. The van der Waals surface area contributed by atoms with Crippen molar-refractivity contribution in [2.45, 2.75) is 0 Å². The Labute approximate surface area is 73.0 Å². The summed E-state index contributed by atoms with van der Waals surface area (Å²) in [5.74, 6) is 0. The Morgan fingerprint density at radius 2 is 2.36 bits per heavy atom. The zero-order valence-corrected chi connectivity index (χ0v) is 7.59. The van der Waals surface area contributed by atoms with E-state index in [0.29, 0.717) is 0 Å². The molecule has 0 fully saturated rings. The lowest BCUT2D eigenvalue weighted by Gasteiger charge is -1.93. The number of imidazole rings is 1. The number of fused-ring (bicyclic) bond motifs is 1. The number of halogens is 1. The largest absolute Gasteiger partial charge is 0.324 e. The van der Waals surface area contributed by atoms with Crippen LogP contribution in [0.4, 0.5) is 0 Å². The maximum absolute atomic E-state index is 4.08. The third-order valence-corrected chi connectivity index (χ3v) is 2.11. The molecule has 1 heterocycles. The molecule has 0 aliphatic heterocycles. The lowest BCUT2D eigenvalue weighted by molar-refractivity contribution is 0.935. The highest BCUT2D eigenvalue weighted by atomic mass is 79.9. The first-order valence-electron chi connectivity index (χ1n) is 3.27. The second-order valence-corrected chi connectivity index (χ2v) is 3.32. The van der Waals surface area contributed by atoms with Gasteiger partial charge in [0.05, 0.1) is 11.0 Å². The number of aromatic nitrogens is 2. The molecule has 1 radical (unpaired) electrons. The predicted octanol–water partition coefficient (Wildman–Crippen LogP) is 2.14. The molecule has 11 heavy (non-hydrogen) atoms. The van der Waals surface area contributed by atoms with Crippen molar-refractivity contribution in [1.29, 1.82) is 0 Å². The molecule has 2 rings (SSSR count). The van der Waals surface area contributed by atoms with Gasteiger partial charge in [0.2, 0.25) is 0 Å². The molecule has 1 aromatic carbocycles. The molecule has 0 saturated heterocycles. The molecule has 3 heteroatoms. The van der Waals surface area contributed by atoms with Crippen molar-refractivity contribution in [3.8, 4) is 0 Å². The van der Waals surface area contributed by atoms with Gasteiger partial charge in [0.1, 0.15) is 0 Å². The summed E-state index contributed by atoms with van der Waals surface area (Å²) >= 11 is 3.40. The summed E-state index contributed by atoms with van der Waals surface area (Å²) in [6, 6.07) is 5.97. The van der Waals surface area contributed by atoms with Gasteiger partial charge >= 0.3 is 0 Å². The van der Waals surface area contributed by atoms with Crippen LogP contribution in [-0.2, 0) is 7.05 Å². The first kappa shape index (κ1) is 6.85. The number of rotatable bonds is 0. The van der Waals surface area contributed by atoms with E-state index in [4.69, 9.17) is 0 Å². The SMILES string of the molecule is Cn1[c]nc2ccc(Br)cc21. The van der Waals surface area contributed by atoms with E-state index in [0.717, 1.165) is 15.5 Å². The third kappa shape index (κ3) is 1.05. The summed E-state index contributed by atoms with van der Waals surface area (Å²) in [5.41, 5.74) is 2.08. The minimum absolute atomic E-state index is 0.982. The van der Waals surface area contributed by atoms with E-state index < -0.39 is 0 Å². The Bertz CT molecular complexity index is 392. The van der Waals surface area contributed by atoms with E-state index in [1.165, 1.54) is 0 Å². The normalized spacial score (nSPS) is 10.7. The topological polar surface area (TPSA) is 17.8 Å². The van der Waals surface area contributed by atoms with Gasteiger partial charge in [-0.05, 0) is 18.2 Å². The van der Waals surface area contributed by atoms with Gasteiger partial charge in [-0.25, -0.2) is 4.98 Å². The van der Waals surface area contributed by atoms with Gasteiger partial charge < -0.3 is 4.57 Å². The Morgan fingerprint density at radius 3 is 3.18 bits per heavy atom. The Balaban J connectivity index is 2.87. The fourth-order valence-corrected chi connectivity index (χ4v) is 1.39. The predicted molar refractivity (Wildman–Crippen MR) is 47.3 cm³/mol. The molecule has 0 unspecified atom stereocenters. The molecule has 0 aliphatic carbocycles. The number of hydrogen-bond donors (Lipinski definition) is 0. The van der Waals surface area contributed by atoms with E-state index in [1.807, 2.05) is 29.8 Å². The van der Waals surface area contributed by atoms with Crippen molar-refractivity contribution in [3.63, 3.8) is 0 Å². The van der Waals surface area contributed by atoms with Crippen LogP contribution in [0.5, 0.6) is 0 Å². The molecule has 0 aliphatic rings. The highest BCUT2D eigenvalue weighted by Crippen LogP contribution is 2.17. The average Bonchev–Trinajstić information content (AvgIpc) is 2.33. The minimum Gasteiger partial charge on any atom is -0.324 e. The van der Waals surface area contributed by atoms with Gasteiger partial charge in [-0.2, -0.15) is 0 Å². The van der Waals surface area contributed by atoms with E-state index in [9.17, 15) is 0 Å².